The average molecular weight is 447 g/mol. The molecule has 162 valence electrons. The zero-order valence-corrected chi connectivity index (χ0v) is 18.2. The van der Waals surface area contributed by atoms with Gasteiger partial charge in [0.05, 0.1) is 28.6 Å². The lowest BCUT2D eigenvalue weighted by molar-refractivity contribution is 0.0785. The molecule has 3 aromatic carbocycles. The van der Waals surface area contributed by atoms with Gasteiger partial charge in [-0.25, -0.2) is 0 Å². The summed E-state index contributed by atoms with van der Waals surface area (Å²) in [4.78, 5) is 0.0322. The number of aliphatic hydroxyl groups excluding tert-OH is 1. The number of nitriles is 1. The molecule has 1 heterocycles. The van der Waals surface area contributed by atoms with Gasteiger partial charge in [0.15, 0.2) is 0 Å². The highest BCUT2D eigenvalue weighted by atomic mass is 32.2. The van der Waals surface area contributed by atoms with Crippen molar-refractivity contribution in [2.24, 2.45) is 0 Å². The number of hydrogen-bond acceptors (Lipinski definition) is 5. The van der Waals surface area contributed by atoms with Crippen LogP contribution < -0.4 is 0 Å². The topological polar surface area (TPSA) is 92.3 Å². The molecule has 7 heteroatoms. The number of aryl methyl sites for hydroxylation is 1. The summed E-state index contributed by atoms with van der Waals surface area (Å²) < 4.78 is 32.3. The molecule has 4 aromatic rings. The first-order valence-electron chi connectivity index (χ1n) is 10.1. The number of rotatable bonds is 7. The fourth-order valence-electron chi connectivity index (χ4n) is 3.77. The van der Waals surface area contributed by atoms with Crippen LogP contribution in [0.15, 0.2) is 90.0 Å². The van der Waals surface area contributed by atoms with Crippen molar-refractivity contribution in [1.82, 2.24) is 4.57 Å². The van der Waals surface area contributed by atoms with Crippen LogP contribution in [0.25, 0.3) is 10.9 Å². The minimum absolute atomic E-state index is 0.0322. The van der Waals surface area contributed by atoms with Crippen molar-refractivity contribution < 1.29 is 17.7 Å². The molecule has 1 N–H and O–H groups in total. The van der Waals surface area contributed by atoms with Gasteiger partial charge in [-0.1, -0.05) is 66.2 Å². The summed E-state index contributed by atoms with van der Waals surface area (Å²) in [6.45, 7) is 1.42. The molecule has 0 amide bonds. The molecular formula is C25H22N2O4S. The van der Waals surface area contributed by atoms with Crippen LogP contribution in [-0.4, -0.2) is 30.8 Å². The van der Waals surface area contributed by atoms with Crippen molar-refractivity contribution in [2.45, 2.75) is 24.0 Å². The molecule has 0 aliphatic carbocycles. The van der Waals surface area contributed by atoms with Crippen molar-refractivity contribution in [2.75, 3.05) is 6.61 Å². The van der Waals surface area contributed by atoms with Gasteiger partial charge in [0.2, 0.25) is 0 Å². The van der Waals surface area contributed by atoms with Crippen LogP contribution >= 0.6 is 0 Å². The van der Waals surface area contributed by atoms with Gasteiger partial charge in [-0.2, -0.15) is 13.7 Å². The summed E-state index contributed by atoms with van der Waals surface area (Å²) in [7, 11) is -4.03. The Morgan fingerprint density at radius 1 is 1.00 bits per heavy atom. The molecule has 0 saturated heterocycles. The van der Waals surface area contributed by atoms with Crippen molar-refractivity contribution >= 4 is 21.0 Å². The van der Waals surface area contributed by atoms with E-state index in [9.17, 15) is 18.8 Å². The minimum atomic E-state index is -4.03. The fraction of sp³-hybridized carbons (Fsp3) is 0.160. The Hall–Kier alpha value is -3.44. The third-order valence-corrected chi connectivity index (χ3v) is 6.67. The first-order chi connectivity index (χ1) is 15.4. The van der Waals surface area contributed by atoms with Crippen molar-refractivity contribution in [3.05, 3.63) is 102 Å². The number of hydrogen-bond donors (Lipinski definition) is 1. The first kappa shape index (κ1) is 21.8. The highest BCUT2D eigenvalue weighted by Crippen LogP contribution is 2.31. The molecule has 0 bridgehead atoms. The minimum Gasteiger partial charge on any atom is -0.388 e. The van der Waals surface area contributed by atoms with Crippen LogP contribution in [0.4, 0.5) is 0 Å². The third kappa shape index (κ3) is 4.30. The molecule has 2 atom stereocenters. The quantitative estimate of drug-likeness (QED) is 0.430. The maximum absolute atomic E-state index is 12.6. The Morgan fingerprint density at radius 2 is 1.66 bits per heavy atom. The number of para-hydroxylation sites is 1. The standard InChI is InChI=1S/C25H22N2O4S/c1-18-11-13-21(14-12-18)32(29,30)31-17-24(28)25(19-7-3-2-4-8-19)27-16-20(15-26)22-9-5-6-10-23(22)27/h2-14,16,24-25,28H,17H2,1H3. The van der Waals surface area contributed by atoms with Gasteiger partial charge in [0.25, 0.3) is 10.1 Å². The van der Waals surface area contributed by atoms with Crippen molar-refractivity contribution in [3.63, 3.8) is 0 Å². The van der Waals surface area contributed by atoms with Crippen LogP contribution in [0.5, 0.6) is 0 Å². The zero-order valence-electron chi connectivity index (χ0n) is 17.4. The molecule has 0 fully saturated rings. The van der Waals surface area contributed by atoms with Crippen molar-refractivity contribution in [3.8, 4) is 6.07 Å². The first-order valence-corrected chi connectivity index (χ1v) is 11.5. The number of nitrogens with zero attached hydrogens (tertiary/aromatic N) is 2. The molecule has 6 nitrogen and oxygen atoms in total. The number of fused-ring (bicyclic) bond motifs is 1. The van der Waals surface area contributed by atoms with E-state index < -0.39 is 28.9 Å². The highest BCUT2D eigenvalue weighted by molar-refractivity contribution is 7.86. The third-order valence-electron chi connectivity index (χ3n) is 5.37. The van der Waals surface area contributed by atoms with Crippen molar-refractivity contribution in [1.29, 1.82) is 5.26 Å². The van der Waals surface area contributed by atoms with Gasteiger partial charge >= 0.3 is 0 Å². The predicted octanol–water partition coefficient (Wildman–Crippen LogP) is 4.18. The number of benzene rings is 3. The normalized spacial score (nSPS) is 13.5. The Balaban J connectivity index is 1.70. The van der Waals surface area contributed by atoms with Gasteiger partial charge in [-0.05, 0) is 30.7 Å². The van der Waals surface area contributed by atoms with E-state index in [0.29, 0.717) is 5.56 Å². The fourth-order valence-corrected chi connectivity index (χ4v) is 4.69. The predicted molar refractivity (Wildman–Crippen MR) is 122 cm³/mol. The van der Waals surface area contributed by atoms with Crippen LogP contribution in [-0.2, 0) is 14.3 Å². The van der Waals surface area contributed by atoms with Gasteiger partial charge < -0.3 is 9.67 Å². The van der Waals surface area contributed by atoms with Gasteiger partial charge in [0.1, 0.15) is 12.2 Å². The molecule has 4 rings (SSSR count). The van der Waals surface area contributed by atoms with Gasteiger partial charge in [-0.3, -0.25) is 4.18 Å². The summed E-state index contributed by atoms with van der Waals surface area (Å²) >= 11 is 0. The lowest BCUT2D eigenvalue weighted by atomic mass is 10.0. The zero-order chi connectivity index (χ0) is 22.7. The van der Waals surface area contributed by atoms with Crippen LogP contribution in [0.3, 0.4) is 0 Å². The van der Waals surface area contributed by atoms with E-state index in [1.807, 2.05) is 61.5 Å². The molecule has 32 heavy (non-hydrogen) atoms. The molecule has 0 spiro atoms. The molecule has 0 aliphatic rings. The Bertz CT molecular complexity index is 1370. The molecule has 0 saturated carbocycles. The second kappa shape index (κ2) is 8.97. The van der Waals surface area contributed by atoms with E-state index in [1.54, 1.807) is 22.9 Å². The van der Waals surface area contributed by atoms with E-state index in [0.717, 1.165) is 22.0 Å². The molecule has 0 radical (unpaired) electrons. The molecule has 0 aliphatic heterocycles. The monoisotopic (exact) mass is 446 g/mol. The maximum atomic E-state index is 12.6. The van der Waals surface area contributed by atoms with E-state index in [2.05, 4.69) is 6.07 Å². The van der Waals surface area contributed by atoms with E-state index in [1.165, 1.54) is 12.1 Å². The van der Waals surface area contributed by atoms with Crippen LogP contribution in [0.1, 0.15) is 22.7 Å². The Kier molecular flexibility index (Phi) is 6.10. The summed E-state index contributed by atoms with van der Waals surface area (Å²) in [5, 5.41) is 21.4. The largest absolute Gasteiger partial charge is 0.388 e. The van der Waals surface area contributed by atoms with E-state index in [-0.39, 0.29) is 4.90 Å². The maximum Gasteiger partial charge on any atom is 0.297 e. The van der Waals surface area contributed by atoms with Gasteiger partial charge in [0, 0.05) is 11.6 Å². The molecule has 1 aromatic heterocycles. The van der Waals surface area contributed by atoms with E-state index in [4.69, 9.17) is 4.18 Å². The Morgan fingerprint density at radius 3 is 2.34 bits per heavy atom. The van der Waals surface area contributed by atoms with Crippen LogP contribution in [0, 0.1) is 18.3 Å². The summed E-state index contributed by atoms with van der Waals surface area (Å²) in [6, 6.07) is 24.5. The van der Waals surface area contributed by atoms with Crippen LogP contribution in [0.2, 0.25) is 0 Å². The highest BCUT2D eigenvalue weighted by Gasteiger charge is 2.28. The average Bonchev–Trinajstić information content (AvgIpc) is 3.17. The molecule has 2 unspecified atom stereocenters. The SMILES string of the molecule is Cc1ccc(S(=O)(=O)OCC(O)C(c2ccccc2)n2cc(C#N)c3ccccc32)cc1. The number of aliphatic hydroxyl groups is 1. The lowest BCUT2D eigenvalue weighted by Crippen LogP contribution is -2.30. The van der Waals surface area contributed by atoms with Gasteiger partial charge in [-0.15, -0.1) is 0 Å². The summed E-state index contributed by atoms with van der Waals surface area (Å²) in [5.41, 5.74) is 2.93. The summed E-state index contributed by atoms with van der Waals surface area (Å²) in [5.74, 6) is 0. The number of aromatic nitrogens is 1. The lowest BCUT2D eigenvalue weighted by Gasteiger charge is -2.26. The smallest absolute Gasteiger partial charge is 0.297 e. The second-order valence-corrected chi connectivity index (χ2v) is 9.17. The molecular weight excluding hydrogens is 424 g/mol. The summed E-state index contributed by atoms with van der Waals surface area (Å²) in [6.07, 6.45) is 0.486. The Labute approximate surface area is 187 Å². The second-order valence-electron chi connectivity index (χ2n) is 7.55. The van der Waals surface area contributed by atoms with E-state index >= 15 is 0 Å².